The molecule has 3 aromatic carbocycles. The summed E-state index contributed by atoms with van der Waals surface area (Å²) in [6, 6.07) is 27.2. The molecule has 12 heteroatoms. The van der Waals surface area contributed by atoms with E-state index < -0.39 is 76.4 Å². The first-order valence-corrected chi connectivity index (χ1v) is 17.7. The molecule has 2 aliphatic rings. The van der Waals surface area contributed by atoms with Crippen LogP contribution in [0.3, 0.4) is 0 Å². The number of ether oxygens (including phenoxy) is 3. The van der Waals surface area contributed by atoms with Gasteiger partial charge < -0.3 is 35.3 Å². The molecule has 3 amide bonds. The lowest BCUT2D eigenvalue weighted by atomic mass is 9.77. The molecule has 2 fully saturated rings. The molecule has 0 radical (unpaired) electrons. The normalized spacial score (nSPS) is 22.3. The van der Waals surface area contributed by atoms with Crippen LogP contribution in [0.5, 0.6) is 0 Å². The molecule has 0 unspecified atom stereocenters. The van der Waals surface area contributed by atoms with E-state index in [0.29, 0.717) is 0 Å². The zero-order chi connectivity index (χ0) is 38.4. The predicted molar refractivity (Wildman–Crippen MR) is 195 cm³/mol. The number of rotatable bonds is 14. The summed E-state index contributed by atoms with van der Waals surface area (Å²) in [7, 11) is 0. The highest BCUT2D eigenvalue weighted by atomic mass is 16.6. The van der Waals surface area contributed by atoms with Gasteiger partial charge in [-0.15, -0.1) is 0 Å². The van der Waals surface area contributed by atoms with E-state index in [-0.39, 0.29) is 25.9 Å². The number of nitrogens with one attached hydrogen (secondary N) is 3. The highest BCUT2D eigenvalue weighted by molar-refractivity contribution is 5.95. The summed E-state index contributed by atoms with van der Waals surface area (Å²) >= 11 is 0. The molecule has 0 saturated heterocycles. The Hall–Kier alpha value is -5.49. The molecule has 53 heavy (non-hydrogen) atoms. The van der Waals surface area contributed by atoms with E-state index in [2.05, 4.69) is 22.5 Å². The van der Waals surface area contributed by atoms with Crippen molar-refractivity contribution in [3.63, 3.8) is 0 Å². The van der Waals surface area contributed by atoms with Crippen LogP contribution in [0, 0.1) is 17.8 Å². The van der Waals surface area contributed by atoms with E-state index in [1.165, 1.54) is 0 Å². The molecular formula is C41H47N3O9. The zero-order valence-corrected chi connectivity index (χ0v) is 30.4. The highest BCUT2D eigenvalue weighted by Crippen LogP contribution is 2.63. The molecule has 2 aliphatic carbocycles. The molecule has 5 rings (SSSR count). The number of aliphatic hydroxyl groups is 1. The maximum absolute atomic E-state index is 14.2. The lowest BCUT2D eigenvalue weighted by Crippen LogP contribution is -2.61. The van der Waals surface area contributed by atoms with Crippen LogP contribution in [-0.4, -0.2) is 64.8 Å². The van der Waals surface area contributed by atoms with Gasteiger partial charge in [-0.25, -0.2) is 9.59 Å². The van der Waals surface area contributed by atoms with E-state index in [9.17, 15) is 29.1 Å². The van der Waals surface area contributed by atoms with Crippen LogP contribution in [-0.2, 0) is 38.9 Å². The molecule has 0 bridgehead atoms. The fraction of sp³-hybridized carbons (Fsp3) is 0.390. The van der Waals surface area contributed by atoms with Crippen LogP contribution < -0.4 is 16.0 Å². The Balaban J connectivity index is 1.45. The molecule has 0 aromatic heterocycles. The van der Waals surface area contributed by atoms with Gasteiger partial charge in [-0.3, -0.25) is 14.4 Å². The molecule has 0 heterocycles. The quantitative estimate of drug-likeness (QED) is 0.0810. The number of esters is 2. The summed E-state index contributed by atoms with van der Waals surface area (Å²) in [4.78, 5) is 67.8. The fourth-order valence-corrected chi connectivity index (χ4v) is 7.53. The maximum atomic E-state index is 14.2. The second kappa shape index (κ2) is 16.0. The van der Waals surface area contributed by atoms with Crippen molar-refractivity contribution in [2.75, 3.05) is 6.61 Å². The van der Waals surface area contributed by atoms with E-state index >= 15 is 0 Å². The minimum atomic E-state index is -1.80. The third kappa shape index (κ3) is 8.28. The smallest absolute Gasteiger partial charge is 0.408 e. The lowest BCUT2D eigenvalue weighted by molar-refractivity contribution is -0.156. The Morgan fingerprint density at radius 2 is 1.43 bits per heavy atom. The average molecular weight is 726 g/mol. The molecule has 0 aliphatic heterocycles. The zero-order valence-electron chi connectivity index (χ0n) is 30.4. The van der Waals surface area contributed by atoms with Crippen LogP contribution in [0.2, 0.25) is 0 Å². The summed E-state index contributed by atoms with van der Waals surface area (Å²) in [5, 5.41) is 19.5. The number of carbonyl (C=O) groups is 5. The third-order valence-electron chi connectivity index (χ3n) is 9.69. The standard InChI is InChI=1S/C41H47N3O9/c1-6-51-36(48)33-32-30(45)25-40(34(32)33,37(49)52-7-2)44-35(47)29(42-38(50)53-39(3,4)5)23-24-31(46)43-41(26-17-11-8-12-18-26,27-19-13-9-14-20-27)28-21-15-10-16-22-28/h6,8-22,29-30,32-34,45H,1,7,23-25H2,2-5H3,(H,42,50)(H,43,46)(H,44,47)/t29-,30-,32-,33-,34-,40-/m0/s1. The number of amides is 3. The number of aliphatic hydroxyl groups excluding tert-OH is 1. The van der Waals surface area contributed by atoms with Crippen LogP contribution in [0.1, 0.15) is 63.6 Å². The molecular weight excluding hydrogens is 678 g/mol. The van der Waals surface area contributed by atoms with E-state index in [1.807, 2.05) is 91.0 Å². The second-order valence-electron chi connectivity index (χ2n) is 14.3. The van der Waals surface area contributed by atoms with Gasteiger partial charge in [0.05, 0.1) is 24.9 Å². The summed E-state index contributed by atoms with van der Waals surface area (Å²) < 4.78 is 15.8. The summed E-state index contributed by atoms with van der Waals surface area (Å²) in [6.45, 7) is 9.96. The van der Waals surface area contributed by atoms with Crippen molar-refractivity contribution in [3.8, 4) is 0 Å². The largest absolute Gasteiger partial charge is 0.464 e. The molecule has 12 nitrogen and oxygen atoms in total. The van der Waals surface area contributed by atoms with E-state index in [4.69, 9.17) is 14.2 Å². The van der Waals surface area contributed by atoms with Crippen molar-refractivity contribution in [3.05, 3.63) is 121 Å². The van der Waals surface area contributed by atoms with Gasteiger partial charge in [-0.1, -0.05) is 97.6 Å². The monoisotopic (exact) mass is 725 g/mol. The summed E-state index contributed by atoms with van der Waals surface area (Å²) in [5.74, 6) is -5.19. The van der Waals surface area contributed by atoms with E-state index in [1.54, 1.807) is 27.7 Å². The Kier molecular flexibility index (Phi) is 11.7. The van der Waals surface area contributed by atoms with Crippen LogP contribution >= 0.6 is 0 Å². The number of carbonyl (C=O) groups excluding carboxylic acids is 5. The Labute approximate surface area is 309 Å². The Morgan fingerprint density at radius 3 is 1.91 bits per heavy atom. The minimum Gasteiger partial charge on any atom is -0.464 e. The summed E-state index contributed by atoms with van der Waals surface area (Å²) in [5.41, 5.74) is -1.45. The van der Waals surface area contributed by atoms with Crippen molar-refractivity contribution < 1.29 is 43.3 Å². The molecule has 6 atom stereocenters. The van der Waals surface area contributed by atoms with Gasteiger partial charge >= 0.3 is 18.0 Å². The van der Waals surface area contributed by atoms with Gasteiger partial charge in [0.1, 0.15) is 22.7 Å². The van der Waals surface area contributed by atoms with Gasteiger partial charge in [-0.2, -0.15) is 0 Å². The van der Waals surface area contributed by atoms with Gasteiger partial charge in [0, 0.05) is 24.7 Å². The first-order valence-electron chi connectivity index (χ1n) is 17.7. The lowest BCUT2D eigenvalue weighted by Gasteiger charge is -2.37. The van der Waals surface area contributed by atoms with Gasteiger partial charge in [0.2, 0.25) is 11.8 Å². The molecule has 280 valence electrons. The molecule has 4 N–H and O–H groups in total. The van der Waals surface area contributed by atoms with Crippen LogP contribution in [0.15, 0.2) is 104 Å². The number of hydrogen-bond acceptors (Lipinski definition) is 9. The molecule has 3 aromatic rings. The first-order chi connectivity index (χ1) is 25.3. The SMILES string of the molecule is C=COC(=O)[C@H]1[C@H]2[C@@H]1[C@](NC(=O)[C@H](CCC(=O)NC(c1ccccc1)(c1ccccc1)c1ccccc1)NC(=O)OC(C)(C)C)(C(=O)OCC)C[C@@H]2O. The van der Waals surface area contributed by atoms with Crippen molar-refractivity contribution in [1.82, 2.24) is 16.0 Å². The first kappa shape index (κ1) is 38.7. The van der Waals surface area contributed by atoms with Gasteiger partial charge in [-0.05, 0) is 50.8 Å². The van der Waals surface area contributed by atoms with Gasteiger partial charge in [0.25, 0.3) is 0 Å². The van der Waals surface area contributed by atoms with E-state index in [0.717, 1.165) is 23.0 Å². The highest BCUT2D eigenvalue weighted by Gasteiger charge is 2.76. The number of alkyl carbamates (subject to hydrolysis) is 1. The van der Waals surface area contributed by atoms with Crippen molar-refractivity contribution in [2.24, 2.45) is 17.8 Å². The Bertz CT molecular complexity index is 1700. The molecule has 2 saturated carbocycles. The van der Waals surface area contributed by atoms with Gasteiger partial charge in [0.15, 0.2) is 0 Å². The van der Waals surface area contributed by atoms with Crippen molar-refractivity contribution in [1.29, 1.82) is 0 Å². The number of hydrogen-bond donors (Lipinski definition) is 4. The van der Waals surface area contributed by atoms with Crippen molar-refractivity contribution >= 4 is 29.8 Å². The Morgan fingerprint density at radius 1 is 0.906 bits per heavy atom. The number of benzene rings is 3. The van der Waals surface area contributed by atoms with Crippen LogP contribution in [0.4, 0.5) is 4.79 Å². The van der Waals surface area contributed by atoms with Crippen LogP contribution in [0.25, 0.3) is 0 Å². The summed E-state index contributed by atoms with van der Waals surface area (Å²) in [6.07, 6.45) is -1.75. The predicted octanol–water partition coefficient (Wildman–Crippen LogP) is 4.50. The molecule has 0 spiro atoms. The third-order valence-corrected chi connectivity index (χ3v) is 9.69. The van der Waals surface area contributed by atoms with Crippen molar-refractivity contribution in [2.45, 2.75) is 75.8 Å². The second-order valence-corrected chi connectivity index (χ2v) is 14.3. The number of fused-ring (bicyclic) bond motifs is 1. The topological polar surface area (TPSA) is 169 Å². The fourth-order valence-electron chi connectivity index (χ4n) is 7.53. The maximum Gasteiger partial charge on any atom is 0.408 e. The minimum absolute atomic E-state index is 0.0303. The average Bonchev–Trinajstić information content (AvgIpc) is 3.83.